The average Bonchev–Trinajstić information content (AvgIpc) is 2.74. The summed E-state index contributed by atoms with van der Waals surface area (Å²) in [4.78, 5) is 13.0. The molecule has 0 saturated carbocycles. The van der Waals surface area contributed by atoms with Crippen molar-refractivity contribution in [3.63, 3.8) is 0 Å². The van der Waals surface area contributed by atoms with E-state index in [1.807, 2.05) is 61.5 Å². The second kappa shape index (κ2) is 8.94. The van der Waals surface area contributed by atoms with Crippen molar-refractivity contribution in [1.29, 1.82) is 0 Å². The Balaban J connectivity index is 2.37. The van der Waals surface area contributed by atoms with Gasteiger partial charge in [0.2, 0.25) is 0 Å². The molecular formula is C23H24O3P+. The van der Waals surface area contributed by atoms with Gasteiger partial charge >= 0.3 is 5.97 Å². The van der Waals surface area contributed by atoms with Crippen molar-refractivity contribution in [2.24, 2.45) is 0 Å². The first kappa shape index (κ1) is 19.3. The SMILES string of the molecule is CCOC(=O)C(OC)[P+](c1ccccc1)(c1ccccc1)c1ccccc1. The Morgan fingerprint density at radius 2 is 1.15 bits per heavy atom. The molecule has 0 saturated heterocycles. The molecule has 3 rings (SSSR count). The van der Waals surface area contributed by atoms with Crippen LogP contribution in [-0.4, -0.2) is 25.5 Å². The fourth-order valence-electron chi connectivity index (χ4n) is 3.47. The van der Waals surface area contributed by atoms with Gasteiger partial charge in [-0.2, -0.15) is 0 Å². The number of carbonyl (C=O) groups is 1. The van der Waals surface area contributed by atoms with E-state index in [4.69, 9.17) is 9.47 Å². The van der Waals surface area contributed by atoms with E-state index in [2.05, 4.69) is 36.4 Å². The first-order chi connectivity index (χ1) is 13.2. The Hall–Kier alpha value is -2.48. The molecule has 0 aromatic heterocycles. The zero-order chi connectivity index (χ0) is 19.1. The van der Waals surface area contributed by atoms with Crippen molar-refractivity contribution in [1.82, 2.24) is 0 Å². The highest BCUT2D eigenvalue weighted by Crippen LogP contribution is 2.60. The van der Waals surface area contributed by atoms with Gasteiger partial charge in [-0.25, -0.2) is 4.79 Å². The Morgan fingerprint density at radius 1 is 0.778 bits per heavy atom. The summed E-state index contributed by atoms with van der Waals surface area (Å²) in [7, 11) is -0.858. The van der Waals surface area contributed by atoms with Crippen LogP contribution in [0.25, 0.3) is 0 Å². The minimum absolute atomic E-state index is 0.317. The first-order valence-corrected chi connectivity index (χ1v) is 10.9. The van der Waals surface area contributed by atoms with Gasteiger partial charge in [0.05, 0.1) is 6.61 Å². The van der Waals surface area contributed by atoms with Crippen LogP contribution in [0.2, 0.25) is 0 Å². The minimum Gasteiger partial charge on any atom is -0.461 e. The number of hydrogen-bond acceptors (Lipinski definition) is 3. The molecule has 0 bridgehead atoms. The maximum absolute atomic E-state index is 13.0. The van der Waals surface area contributed by atoms with Crippen molar-refractivity contribution in [2.75, 3.05) is 13.7 Å². The fourth-order valence-corrected chi connectivity index (χ4v) is 7.81. The van der Waals surface area contributed by atoms with Gasteiger partial charge in [-0.1, -0.05) is 54.6 Å². The lowest BCUT2D eigenvalue weighted by atomic mass is 10.4. The number of benzene rings is 3. The summed E-state index contributed by atoms with van der Waals surface area (Å²) in [5.74, 6) is -1.05. The van der Waals surface area contributed by atoms with Crippen molar-refractivity contribution in [3.05, 3.63) is 91.0 Å². The minimum atomic E-state index is -2.45. The lowest BCUT2D eigenvalue weighted by molar-refractivity contribution is -0.149. The molecule has 0 aliphatic carbocycles. The van der Waals surface area contributed by atoms with Gasteiger partial charge in [0, 0.05) is 7.11 Å². The summed E-state index contributed by atoms with van der Waals surface area (Å²) in [5.41, 5.74) is 0. The molecule has 138 valence electrons. The van der Waals surface area contributed by atoms with Crippen LogP contribution in [0.4, 0.5) is 0 Å². The Morgan fingerprint density at radius 3 is 1.44 bits per heavy atom. The molecule has 0 N–H and O–H groups in total. The second-order valence-electron chi connectivity index (χ2n) is 6.07. The van der Waals surface area contributed by atoms with Gasteiger partial charge in [0.1, 0.15) is 15.9 Å². The van der Waals surface area contributed by atoms with Crippen LogP contribution < -0.4 is 15.9 Å². The summed E-state index contributed by atoms with van der Waals surface area (Å²) in [6, 6.07) is 30.5. The molecule has 0 aliphatic rings. The topological polar surface area (TPSA) is 35.5 Å². The predicted molar refractivity (Wildman–Crippen MR) is 113 cm³/mol. The van der Waals surface area contributed by atoms with E-state index in [1.165, 1.54) is 0 Å². The predicted octanol–water partition coefficient (Wildman–Crippen LogP) is 3.52. The van der Waals surface area contributed by atoms with E-state index in [-0.39, 0.29) is 5.97 Å². The molecule has 0 amide bonds. The molecule has 0 aliphatic heterocycles. The van der Waals surface area contributed by atoms with E-state index in [1.54, 1.807) is 7.11 Å². The lowest BCUT2D eigenvalue weighted by Gasteiger charge is -2.32. The van der Waals surface area contributed by atoms with Gasteiger partial charge in [0.25, 0.3) is 5.85 Å². The molecule has 3 aromatic carbocycles. The highest BCUT2D eigenvalue weighted by atomic mass is 31.2. The smallest absolute Gasteiger partial charge is 0.376 e. The molecule has 4 heteroatoms. The van der Waals surface area contributed by atoms with E-state index >= 15 is 0 Å². The van der Waals surface area contributed by atoms with E-state index in [0.717, 1.165) is 15.9 Å². The molecular weight excluding hydrogens is 355 g/mol. The monoisotopic (exact) mass is 379 g/mol. The van der Waals surface area contributed by atoms with Crippen molar-refractivity contribution < 1.29 is 14.3 Å². The van der Waals surface area contributed by atoms with Gasteiger partial charge < -0.3 is 9.47 Å². The Kier molecular flexibility index (Phi) is 6.39. The number of ether oxygens (including phenoxy) is 2. The standard InChI is InChI=1S/C23H24O3P/c1-3-26-22(24)23(25-2)27(19-13-7-4-8-14-19,20-15-9-5-10-16-20)21-17-11-6-12-18-21/h4-18,23H,3H2,1-2H3/q+1. The third kappa shape index (κ3) is 3.66. The van der Waals surface area contributed by atoms with Crippen LogP contribution in [0.3, 0.4) is 0 Å². The second-order valence-corrected chi connectivity index (χ2v) is 9.53. The van der Waals surface area contributed by atoms with Crippen molar-refractivity contribution in [3.8, 4) is 0 Å². The molecule has 0 fully saturated rings. The third-order valence-electron chi connectivity index (χ3n) is 4.55. The normalized spacial score (nSPS) is 12.4. The number of rotatable bonds is 7. The maximum Gasteiger partial charge on any atom is 0.376 e. The molecule has 1 unspecified atom stereocenters. The molecule has 3 aromatic rings. The molecule has 0 radical (unpaired) electrons. The van der Waals surface area contributed by atoms with Gasteiger partial charge in [-0.3, -0.25) is 0 Å². The summed E-state index contributed by atoms with van der Waals surface area (Å²) in [6.45, 7) is 2.13. The number of esters is 1. The molecule has 1 atom stereocenters. The van der Waals surface area contributed by atoms with E-state index in [0.29, 0.717) is 6.61 Å². The fraction of sp³-hybridized carbons (Fsp3) is 0.174. The van der Waals surface area contributed by atoms with E-state index < -0.39 is 13.1 Å². The summed E-state index contributed by atoms with van der Waals surface area (Å²) < 4.78 is 11.3. The largest absolute Gasteiger partial charge is 0.461 e. The maximum atomic E-state index is 13.0. The number of hydrogen-bond donors (Lipinski definition) is 0. The number of carbonyl (C=O) groups excluding carboxylic acids is 1. The Bertz CT molecular complexity index is 754. The highest BCUT2D eigenvalue weighted by molar-refractivity contribution is 7.96. The molecule has 0 spiro atoms. The number of methoxy groups -OCH3 is 1. The van der Waals surface area contributed by atoms with Crippen LogP contribution in [0.5, 0.6) is 0 Å². The van der Waals surface area contributed by atoms with Crippen LogP contribution in [0.1, 0.15) is 6.92 Å². The molecule has 3 nitrogen and oxygen atoms in total. The van der Waals surface area contributed by atoms with Gasteiger partial charge in [0.15, 0.2) is 7.26 Å². The van der Waals surface area contributed by atoms with Gasteiger partial charge in [-0.05, 0) is 43.3 Å². The van der Waals surface area contributed by atoms with Crippen LogP contribution >= 0.6 is 7.26 Å². The third-order valence-corrected chi connectivity index (χ3v) is 9.02. The van der Waals surface area contributed by atoms with Crippen molar-refractivity contribution >= 4 is 29.1 Å². The van der Waals surface area contributed by atoms with Crippen molar-refractivity contribution in [2.45, 2.75) is 12.8 Å². The van der Waals surface area contributed by atoms with Gasteiger partial charge in [-0.15, -0.1) is 0 Å². The molecule has 27 heavy (non-hydrogen) atoms. The Labute approximate surface area is 161 Å². The lowest BCUT2D eigenvalue weighted by Crippen LogP contribution is -2.44. The van der Waals surface area contributed by atoms with Crippen LogP contribution in [0.15, 0.2) is 91.0 Å². The highest BCUT2D eigenvalue weighted by Gasteiger charge is 2.57. The zero-order valence-electron chi connectivity index (χ0n) is 15.6. The summed E-state index contributed by atoms with van der Waals surface area (Å²) >= 11 is 0. The van der Waals surface area contributed by atoms with E-state index in [9.17, 15) is 4.79 Å². The van der Waals surface area contributed by atoms with Crippen LogP contribution in [0, 0.1) is 0 Å². The summed E-state index contributed by atoms with van der Waals surface area (Å²) in [6.07, 6.45) is 0. The quantitative estimate of drug-likeness (QED) is 0.466. The van der Waals surface area contributed by atoms with Crippen LogP contribution in [-0.2, 0) is 14.3 Å². The first-order valence-electron chi connectivity index (χ1n) is 9.00. The zero-order valence-corrected chi connectivity index (χ0v) is 16.5. The average molecular weight is 379 g/mol. The summed E-state index contributed by atoms with van der Waals surface area (Å²) in [5, 5.41) is 3.26. The molecule has 0 heterocycles.